The fourth-order valence-electron chi connectivity index (χ4n) is 1.85. The molecule has 2 amide bonds. The van der Waals surface area contributed by atoms with Crippen LogP contribution in [0, 0.1) is 6.92 Å². The predicted molar refractivity (Wildman–Crippen MR) is 87.5 cm³/mol. The molecule has 5 nitrogen and oxygen atoms in total. The number of carbonyl (C=O) groups is 2. The maximum Gasteiger partial charge on any atom is 0.313 e. The quantitative estimate of drug-likeness (QED) is 0.600. The Hall–Kier alpha value is -2.53. The van der Waals surface area contributed by atoms with Crippen LogP contribution in [0.2, 0.25) is 5.02 Å². The largest absolute Gasteiger partial charge is 0.397 e. The lowest BCUT2D eigenvalue weighted by molar-refractivity contribution is -0.136. The second kappa shape index (κ2) is 6.95. The molecule has 6 heteroatoms. The van der Waals surface area contributed by atoms with E-state index in [4.69, 9.17) is 17.3 Å². The molecule has 2 aromatic carbocycles. The fourth-order valence-corrected chi connectivity index (χ4v) is 2.06. The smallest absolute Gasteiger partial charge is 0.313 e. The van der Waals surface area contributed by atoms with E-state index in [2.05, 4.69) is 10.6 Å². The van der Waals surface area contributed by atoms with E-state index < -0.39 is 11.8 Å². The number of anilines is 2. The minimum atomic E-state index is -0.774. The van der Waals surface area contributed by atoms with E-state index in [1.807, 2.05) is 13.0 Å². The Balaban J connectivity index is 1.97. The lowest BCUT2D eigenvalue weighted by Crippen LogP contribution is -2.35. The van der Waals surface area contributed by atoms with Crippen molar-refractivity contribution in [3.63, 3.8) is 0 Å². The van der Waals surface area contributed by atoms with E-state index >= 15 is 0 Å². The molecule has 2 rings (SSSR count). The monoisotopic (exact) mass is 317 g/mol. The maximum atomic E-state index is 11.9. The molecular weight excluding hydrogens is 302 g/mol. The highest BCUT2D eigenvalue weighted by Gasteiger charge is 2.15. The average Bonchev–Trinajstić information content (AvgIpc) is 2.49. The highest BCUT2D eigenvalue weighted by molar-refractivity contribution is 6.40. The molecule has 0 radical (unpaired) electrons. The lowest BCUT2D eigenvalue weighted by Gasteiger charge is -2.10. The van der Waals surface area contributed by atoms with Gasteiger partial charge in [-0.3, -0.25) is 9.59 Å². The van der Waals surface area contributed by atoms with Crippen molar-refractivity contribution in [2.45, 2.75) is 13.5 Å². The van der Waals surface area contributed by atoms with Crippen LogP contribution in [0.1, 0.15) is 11.1 Å². The number of hydrogen-bond acceptors (Lipinski definition) is 3. The summed E-state index contributed by atoms with van der Waals surface area (Å²) in [6.45, 7) is 2.04. The van der Waals surface area contributed by atoms with Gasteiger partial charge in [-0.25, -0.2) is 0 Å². The molecule has 22 heavy (non-hydrogen) atoms. The first-order chi connectivity index (χ1) is 10.5. The topological polar surface area (TPSA) is 84.2 Å². The van der Waals surface area contributed by atoms with Crippen molar-refractivity contribution >= 4 is 34.8 Å². The fraction of sp³-hybridized carbons (Fsp3) is 0.125. The van der Waals surface area contributed by atoms with E-state index in [1.54, 1.807) is 36.4 Å². The Morgan fingerprint density at radius 1 is 1.14 bits per heavy atom. The van der Waals surface area contributed by atoms with Gasteiger partial charge < -0.3 is 16.4 Å². The minimum Gasteiger partial charge on any atom is -0.397 e. The van der Waals surface area contributed by atoms with Gasteiger partial charge in [0.05, 0.1) is 11.4 Å². The first-order valence-corrected chi connectivity index (χ1v) is 7.04. The molecule has 0 spiro atoms. The zero-order valence-corrected chi connectivity index (χ0v) is 12.8. The standard InChI is InChI=1S/C16H16ClN3O2/c1-10-6-7-13(18)14(8-10)20-16(22)15(21)19-9-11-4-2-3-5-12(11)17/h2-8H,9,18H2,1H3,(H,19,21)(H,20,22). The van der Waals surface area contributed by atoms with Gasteiger partial charge in [0.15, 0.2) is 0 Å². The zero-order chi connectivity index (χ0) is 16.1. The van der Waals surface area contributed by atoms with Gasteiger partial charge in [0, 0.05) is 11.6 Å². The second-order valence-electron chi connectivity index (χ2n) is 4.82. The van der Waals surface area contributed by atoms with Gasteiger partial charge in [-0.15, -0.1) is 0 Å². The SMILES string of the molecule is Cc1ccc(N)c(NC(=O)C(=O)NCc2ccccc2Cl)c1. The number of aryl methyl sites for hydroxylation is 1. The number of nitrogen functional groups attached to an aromatic ring is 1. The summed E-state index contributed by atoms with van der Waals surface area (Å²) < 4.78 is 0. The lowest BCUT2D eigenvalue weighted by atomic mass is 10.2. The Morgan fingerprint density at radius 2 is 1.86 bits per heavy atom. The predicted octanol–water partition coefficient (Wildman–Crippen LogP) is 2.49. The van der Waals surface area contributed by atoms with Crippen LogP contribution in [0.15, 0.2) is 42.5 Å². The molecule has 114 valence electrons. The maximum absolute atomic E-state index is 11.9. The van der Waals surface area contributed by atoms with Crippen LogP contribution in [-0.2, 0) is 16.1 Å². The van der Waals surface area contributed by atoms with Gasteiger partial charge in [0.2, 0.25) is 0 Å². The van der Waals surface area contributed by atoms with Crippen LogP contribution >= 0.6 is 11.6 Å². The van der Waals surface area contributed by atoms with Crippen LogP contribution in [0.3, 0.4) is 0 Å². The van der Waals surface area contributed by atoms with Crippen LogP contribution < -0.4 is 16.4 Å². The van der Waals surface area contributed by atoms with Crippen molar-refractivity contribution in [1.82, 2.24) is 5.32 Å². The van der Waals surface area contributed by atoms with E-state index in [-0.39, 0.29) is 6.54 Å². The number of nitrogens with one attached hydrogen (secondary N) is 2. The number of rotatable bonds is 3. The Kier molecular flexibility index (Phi) is 5.01. The van der Waals surface area contributed by atoms with Crippen molar-refractivity contribution in [1.29, 1.82) is 0 Å². The third-order valence-corrected chi connectivity index (χ3v) is 3.43. The van der Waals surface area contributed by atoms with Crippen molar-refractivity contribution in [2.24, 2.45) is 0 Å². The van der Waals surface area contributed by atoms with Gasteiger partial charge in [-0.1, -0.05) is 35.9 Å². The molecule has 0 atom stereocenters. The number of nitrogens with two attached hydrogens (primary N) is 1. The van der Waals surface area contributed by atoms with E-state index in [1.165, 1.54) is 0 Å². The zero-order valence-electron chi connectivity index (χ0n) is 12.0. The summed E-state index contributed by atoms with van der Waals surface area (Å²) in [5, 5.41) is 5.54. The van der Waals surface area contributed by atoms with E-state index in [9.17, 15) is 9.59 Å². The van der Waals surface area contributed by atoms with Gasteiger partial charge >= 0.3 is 11.8 Å². The molecule has 0 aromatic heterocycles. The summed E-state index contributed by atoms with van der Waals surface area (Å²) in [4.78, 5) is 23.7. The van der Waals surface area contributed by atoms with Gasteiger partial charge in [-0.2, -0.15) is 0 Å². The van der Waals surface area contributed by atoms with Crippen molar-refractivity contribution in [2.75, 3.05) is 11.1 Å². The van der Waals surface area contributed by atoms with Crippen LogP contribution in [0.4, 0.5) is 11.4 Å². The Morgan fingerprint density at radius 3 is 2.59 bits per heavy atom. The molecule has 0 heterocycles. The third-order valence-electron chi connectivity index (χ3n) is 3.06. The highest BCUT2D eigenvalue weighted by Crippen LogP contribution is 2.19. The molecule has 0 fully saturated rings. The summed E-state index contributed by atoms with van der Waals surface area (Å²) in [5.74, 6) is -1.52. The molecule has 0 aliphatic carbocycles. The third kappa shape index (κ3) is 3.99. The second-order valence-corrected chi connectivity index (χ2v) is 5.23. The first-order valence-electron chi connectivity index (χ1n) is 6.66. The number of amides is 2. The van der Waals surface area contributed by atoms with Crippen molar-refractivity contribution in [3.8, 4) is 0 Å². The van der Waals surface area contributed by atoms with Crippen LogP contribution in [-0.4, -0.2) is 11.8 Å². The van der Waals surface area contributed by atoms with Crippen LogP contribution in [0.5, 0.6) is 0 Å². The van der Waals surface area contributed by atoms with Gasteiger partial charge in [0.1, 0.15) is 0 Å². The average molecular weight is 318 g/mol. The van der Waals surface area contributed by atoms with Crippen molar-refractivity contribution in [3.05, 3.63) is 58.6 Å². The van der Waals surface area contributed by atoms with E-state index in [0.29, 0.717) is 16.4 Å². The molecule has 2 aromatic rings. The normalized spacial score (nSPS) is 10.1. The summed E-state index contributed by atoms with van der Waals surface area (Å²) >= 11 is 5.99. The number of hydrogen-bond donors (Lipinski definition) is 3. The van der Waals surface area contributed by atoms with E-state index in [0.717, 1.165) is 11.1 Å². The molecule has 0 unspecified atom stereocenters. The Labute approximate surface area is 133 Å². The molecule has 0 saturated carbocycles. The van der Waals surface area contributed by atoms with Gasteiger partial charge in [-0.05, 0) is 36.2 Å². The number of benzene rings is 2. The molecule has 0 aliphatic rings. The molecule has 0 saturated heterocycles. The molecular formula is C16H16ClN3O2. The summed E-state index contributed by atoms with van der Waals surface area (Å²) in [7, 11) is 0. The summed E-state index contributed by atoms with van der Waals surface area (Å²) in [5.41, 5.74) is 8.24. The molecule has 0 aliphatic heterocycles. The number of carbonyl (C=O) groups excluding carboxylic acids is 2. The highest BCUT2D eigenvalue weighted by atomic mass is 35.5. The Bertz CT molecular complexity index is 716. The van der Waals surface area contributed by atoms with Crippen molar-refractivity contribution < 1.29 is 9.59 Å². The minimum absolute atomic E-state index is 0.176. The van der Waals surface area contributed by atoms with Crippen LogP contribution in [0.25, 0.3) is 0 Å². The summed E-state index contributed by atoms with van der Waals surface area (Å²) in [6.07, 6.45) is 0. The molecule has 4 N–H and O–H groups in total. The molecule has 0 bridgehead atoms. The summed E-state index contributed by atoms with van der Waals surface area (Å²) in [6, 6.07) is 12.3. The number of halogens is 1. The van der Waals surface area contributed by atoms with Gasteiger partial charge in [0.25, 0.3) is 0 Å². The first kappa shape index (κ1) is 15.9.